The van der Waals surface area contributed by atoms with E-state index in [1.807, 2.05) is 12.1 Å². The van der Waals surface area contributed by atoms with Gasteiger partial charge in [-0.05, 0) is 72.3 Å². The lowest BCUT2D eigenvalue weighted by atomic mass is 9.92. The molecule has 4 aromatic rings. The molecule has 0 aliphatic carbocycles. The highest BCUT2D eigenvalue weighted by Gasteiger charge is 2.48. The molecule has 2 nitrogen and oxygen atoms in total. The van der Waals surface area contributed by atoms with Crippen LogP contribution < -0.4 is 10.4 Å². The van der Waals surface area contributed by atoms with Crippen LogP contribution in [0.2, 0.25) is 11.1 Å². The van der Waals surface area contributed by atoms with Gasteiger partial charge in [-0.2, -0.15) is 0 Å². The van der Waals surface area contributed by atoms with E-state index in [2.05, 4.69) is 82.3 Å². The van der Waals surface area contributed by atoms with Crippen LogP contribution in [0.1, 0.15) is 38.1 Å². The zero-order valence-electron chi connectivity index (χ0n) is 18.8. The molecule has 31 heavy (non-hydrogen) atoms. The van der Waals surface area contributed by atoms with E-state index in [4.69, 9.17) is 4.74 Å². The van der Waals surface area contributed by atoms with Crippen molar-refractivity contribution in [1.29, 1.82) is 0 Å². The summed E-state index contributed by atoms with van der Waals surface area (Å²) in [5.41, 5.74) is 4.46. The average Bonchev–Trinajstić information content (AvgIpc) is 2.78. The first kappa shape index (κ1) is 20.0. The van der Waals surface area contributed by atoms with Crippen LogP contribution in [0, 0.1) is 0 Å². The largest absolute Gasteiger partial charge is 0.465 e. The molecule has 0 atom stereocenters. The Bertz CT molecular complexity index is 1340. The quantitative estimate of drug-likeness (QED) is 0.224. The molecule has 156 valence electrons. The van der Waals surface area contributed by atoms with Gasteiger partial charge in [0.1, 0.15) is 8.07 Å². The molecule has 1 heterocycles. The van der Waals surface area contributed by atoms with Crippen molar-refractivity contribution in [2.24, 2.45) is 0 Å². The standard InChI is InChI=1S/C28H28O2Si/c1-17(2)31(18(3)4)25-11-7-6-9-21(25)24-15-19-13-14-20(28(29)30-5)16-23(19)22-10-8-12-26(31)27(22)24/h6-18H,1-5H3. The molecule has 1 aliphatic rings. The maximum absolute atomic E-state index is 12.2. The Kier molecular flexibility index (Phi) is 4.56. The van der Waals surface area contributed by atoms with E-state index in [0.717, 1.165) is 10.8 Å². The summed E-state index contributed by atoms with van der Waals surface area (Å²) in [6, 6.07) is 24.1. The van der Waals surface area contributed by atoms with Gasteiger partial charge in [-0.25, -0.2) is 4.79 Å². The average molecular weight is 425 g/mol. The maximum atomic E-state index is 12.2. The highest BCUT2D eigenvalue weighted by Crippen LogP contribution is 2.44. The molecule has 0 fully saturated rings. The second kappa shape index (κ2) is 7.06. The Labute approximate surface area is 184 Å². The van der Waals surface area contributed by atoms with Gasteiger partial charge in [0.05, 0.1) is 12.7 Å². The molecule has 0 saturated carbocycles. The SMILES string of the molecule is COC(=O)c1ccc2cc3c4c(cccc4c2c1)[Si](C(C)C)(C(C)C)c1ccccc1-3. The van der Waals surface area contributed by atoms with Gasteiger partial charge in [0.25, 0.3) is 0 Å². The molecule has 1 aliphatic heterocycles. The van der Waals surface area contributed by atoms with E-state index in [1.165, 1.54) is 34.2 Å². The summed E-state index contributed by atoms with van der Waals surface area (Å²) in [4.78, 5) is 12.2. The number of hydrogen-bond donors (Lipinski definition) is 0. The third kappa shape index (κ3) is 2.59. The van der Waals surface area contributed by atoms with Crippen LogP contribution in [0.3, 0.4) is 0 Å². The molecule has 0 radical (unpaired) electrons. The zero-order chi connectivity index (χ0) is 21.9. The molecule has 0 amide bonds. The first-order chi connectivity index (χ1) is 14.9. The number of fused-ring (bicyclic) bond motifs is 4. The summed E-state index contributed by atoms with van der Waals surface area (Å²) >= 11 is 0. The summed E-state index contributed by atoms with van der Waals surface area (Å²) in [6.07, 6.45) is 0. The van der Waals surface area contributed by atoms with Gasteiger partial charge in [0.15, 0.2) is 0 Å². The fourth-order valence-corrected chi connectivity index (χ4v) is 12.3. The van der Waals surface area contributed by atoms with E-state index in [1.54, 1.807) is 5.19 Å². The summed E-state index contributed by atoms with van der Waals surface area (Å²) in [5.74, 6) is -0.291. The molecule has 0 saturated heterocycles. The molecule has 0 aromatic heterocycles. The van der Waals surface area contributed by atoms with Crippen LogP contribution in [-0.4, -0.2) is 21.2 Å². The number of carbonyl (C=O) groups excluding carboxylic acids is 1. The molecule has 5 rings (SSSR count). The lowest BCUT2D eigenvalue weighted by Crippen LogP contribution is -2.64. The molecule has 4 aromatic carbocycles. The Morgan fingerprint density at radius 1 is 0.774 bits per heavy atom. The Morgan fingerprint density at radius 2 is 1.48 bits per heavy atom. The van der Waals surface area contributed by atoms with Gasteiger partial charge in [0.2, 0.25) is 0 Å². The predicted molar refractivity (Wildman–Crippen MR) is 133 cm³/mol. The summed E-state index contributed by atoms with van der Waals surface area (Å²) < 4.78 is 4.99. The summed E-state index contributed by atoms with van der Waals surface area (Å²) in [6.45, 7) is 9.62. The molecule has 3 heteroatoms. The van der Waals surface area contributed by atoms with Crippen molar-refractivity contribution in [1.82, 2.24) is 0 Å². The van der Waals surface area contributed by atoms with Crippen LogP contribution >= 0.6 is 0 Å². The first-order valence-electron chi connectivity index (χ1n) is 11.1. The number of carbonyl (C=O) groups is 1. The number of rotatable bonds is 3. The van der Waals surface area contributed by atoms with Crippen molar-refractivity contribution < 1.29 is 9.53 Å². The van der Waals surface area contributed by atoms with Crippen LogP contribution in [0.5, 0.6) is 0 Å². The lowest BCUT2D eigenvalue weighted by Gasteiger charge is -2.45. The van der Waals surface area contributed by atoms with E-state index >= 15 is 0 Å². The van der Waals surface area contributed by atoms with E-state index in [-0.39, 0.29) is 5.97 Å². The zero-order valence-corrected chi connectivity index (χ0v) is 19.8. The van der Waals surface area contributed by atoms with Crippen molar-refractivity contribution in [2.75, 3.05) is 7.11 Å². The highest BCUT2D eigenvalue weighted by molar-refractivity contribution is 7.06. The minimum atomic E-state index is -2.03. The molecule has 0 N–H and O–H groups in total. The van der Waals surface area contributed by atoms with Crippen molar-refractivity contribution in [3.63, 3.8) is 0 Å². The van der Waals surface area contributed by atoms with Crippen molar-refractivity contribution in [3.8, 4) is 11.1 Å². The van der Waals surface area contributed by atoms with Gasteiger partial charge in [-0.3, -0.25) is 0 Å². The second-order valence-corrected chi connectivity index (χ2v) is 14.4. The fraction of sp³-hybridized carbons (Fsp3) is 0.250. The van der Waals surface area contributed by atoms with E-state index in [9.17, 15) is 4.79 Å². The van der Waals surface area contributed by atoms with E-state index < -0.39 is 8.07 Å². The molecular weight excluding hydrogens is 396 g/mol. The van der Waals surface area contributed by atoms with E-state index in [0.29, 0.717) is 16.6 Å². The maximum Gasteiger partial charge on any atom is 0.337 e. The number of methoxy groups -OCH3 is 1. The molecule has 0 unspecified atom stereocenters. The van der Waals surface area contributed by atoms with Crippen LogP contribution in [-0.2, 0) is 4.74 Å². The fourth-order valence-electron chi connectivity index (χ4n) is 6.15. The third-order valence-corrected chi connectivity index (χ3v) is 13.6. The predicted octanol–water partition coefficient (Wildman–Crippen LogP) is 6.14. The number of esters is 1. The molecular formula is C28H28O2Si. The monoisotopic (exact) mass is 424 g/mol. The van der Waals surface area contributed by atoms with Crippen molar-refractivity contribution in [2.45, 2.75) is 38.8 Å². The van der Waals surface area contributed by atoms with Gasteiger partial charge in [0, 0.05) is 0 Å². The van der Waals surface area contributed by atoms with Crippen LogP contribution in [0.4, 0.5) is 0 Å². The number of hydrogen-bond acceptors (Lipinski definition) is 2. The first-order valence-corrected chi connectivity index (χ1v) is 13.2. The van der Waals surface area contributed by atoms with Crippen LogP contribution in [0.15, 0.2) is 66.7 Å². The smallest absolute Gasteiger partial charge is 0.337 e. The topological polar surface area (TPSA) is 26.3 Å². The van der Waals surface area contributed by atoms with Crippen molar-refractivity contribution >= 4 is 46.0 Å². The summed E-state index contributed by atoms with van der Waals surface area (Å²) in [5, 5.41) is 8.00. The molecule has 0 bridgehead atoms. The van der Waals surface area contributed by atoms with Gasteiger partial charge < -0.3 is 4.74 Å². The molecule has 0 spiro atoms. The lowest BCUT2D eigenvalue weighted by molar-refractivity contribution is 0.0601. The van der Waals surface area contributed by atoms with Gasteiger partial charge in [-0.15, -0.1) is 0 Å². The van der Waals surface area contributed by atoms with Gasteiger partial charge >= 0.3 is 5.97 Å². The highest BCUT2D eigenvalue weighted by atomic mass is 28.3. The Morgan fingerprint density at radius 3 is 2.19 bits per heavy atom. The van der Waals surface area contributed by atoms with Crippen molar-refractivity contribution in [3.05, 3.63) is 72.3 Å². The third-order valence-electron chi connectivity index (χ3n) is 7.33. The Balaban J connectivity index is 2.00. The Hall–Kier alpha value is -2.91. The number of benzene rings is 4. The summed E-state index contributed by atoms with van der Waals surface area (Å²) in [7, 11) is -0.593. The van der Waals surface area contributed by atoms with Gasteiger partial charge in [-0.1, -0.05) is 76.2 Å². The second-order valence-electron chi connectivity index (χ2n) is 9.30. The normalized spacial score (nSPS) is 14.3. The van der Waals surface area contributed by atoms with Crippen LogP contribution in [0.25, 0.3) is 32.7 Å². The number of ether oxygens (including phenoxy) is 1. The minimum Gasteiger partial charge on any atom is -0.465 e. The minimum absolute atomic E-state index is 0.291.